The number of hydrogen-bond acceptors (Lipinski definition) is 7. The van der Waals surface area contributed by atoms with Gasteiger partial charge in [0.25, 0.3) is 10.0 Å². The van der Waals surface area contributed by atoms with Crippen LogP contribution in [-0.2, 0) is 34.2 Å². The Morgan fingerprint density at radius 3 is 2.62 bits per heavy atom. The van der Waals surface area contributed by atoms with Crippen LogP contribution >= 0.6 is 11.3 Å². The average Bonchev–Trinajstić information content (AvgIpc) is 3.62. The Labute approximate surface area is 220 Å². The van der Waals surface area contributed by atoms with Crippen LogP contribution in [0, 0.1) is 13.8 Å². The first-order chi connectivity index (χ1) is 17.7. The van der Waals surface area contributed by atoms with E-state index in [1.165, 1.54) is 4.31 Å². The van der Waals surface area contributed by atoms with Crippen molar-refractivity contribution in [1.82, 2.24) is 4.98 Å². The molecule has 2 heterocycles. The van der Waals surface area contributed by atoms with Crippen LogP contribution in [0.3, 0.4) is 0 Å². The Kier molecular flexibility index (Phi) is 7.24. The van der Waals surface area contributed by atoms with Gasteiger partial charge in [-0.2, -0.15) is 8.42 Å². The number of rotatable bonds is 9. The molecule has 1 N–H and O–H groups in total. The third-order valence-corrected chi connectivity index (χ3v) is 9.99. The van der Waals surface area contributed by atoms with E-state index in [2.05, 4.69) is 4.98 Å². The molecule has 0 amide bonds. The standard InChI is InChI=1S/C27H30N2O6S2/c1-17-11-19(8-9-23(17)26(30)31)15-35-25-13-21-6-3-5-20(21)12-24(25)29(14-22-7-4-10-34-22)37(32,33)27-28-18(2)16-36-27/h8-9,11-13,16,22H,3-7,10,14-15H2,1-2H3,(H,30,31). The molecule has 0 saturated carbocycles. The number of thiazole rings is 1. The SMILES string of the molecule is Cc1csc(S(=O)(=O)N(CC2CCCO2)c2cc3c(cc2OCc2ccc(C(=O)O)c(C)c2)CCC3)n1. The first kappa shape index (κ1) is 25.7. The van der Waals surface area contributed by atoms with Gasteiger partial charge in [0.05, 0.1) is 23.9 Å². The summed E-state index contributed by atoms with van der Waals surface area (Å²) in [7, 11) is -3.95. The molecule has 0 bridgehead atoms. The molecule has 0 spiro atoms. The van der Waals surface area contributed by atoms with Crippen molar-refractivity contribution < 1.29 is 27.8 Å². The van der Waals surface area contributed by atoms with Crippen LogP contribution in [0.5, 0.6) is 5.75 Å². The van der Waals surface area contributed by atoms with E-state index < -0.39 is 16.0 Å². The van der Waals surface area contributed by atoms with Gasteiger partial charge in [-0.3, -0.25) is 4.31 Å². The topological polar surface area (TPSA) is 106 Å². The number of benzene rings is 2. The summed E-state index contributed by atoms with van der Waals surface area (Å²) >= 11 is 1.11. The fourth-order valence-corrected chi connectivity index (χ4v) is 7.59. The molecule has 1 unspecified atom stereocenters. The second kappa shape index (κ2) is 10.4. The monoisotopic (exact) mass is 542 g/mol. The quantitative estimate of drug-likeness (QED) is 0.410. The zero-order valence-corrected chi connectivity index (χ0v) is 22.5. The second-order valence-electron chi connectivity index (χ2n) is 9.61. The van der Waals surface area contributed by atoms with Crippen LogP contribution in [0.15, 0.2) is 40.1 Å². The van der Waals surface area contributed by atoms with Crippen molar-refractivity contribution in [2.24, 2.45) is 0 Å². The number of carboxylic acid groups (broad SMARTS) is 1. The van der Waals surface area contributed by atoms with Crippen molar-refractivity contribution in [2.45, 2.75) is 63.0 Å². The van der Waals surface area contributed by atoms with E-state index in [4.69, 9.17) is 9.47 Å². The number of hydrogen-bond donors (Lipinski definition) is 1. The van der Waals surface area contributed by atoms with Crippen LogP contribution in [0.1, 0.15) is 57.6 Å². The van der Waals surface area contributed by atoms with Gasteiger partial charge in [-0.1, -0.05) is 12.1 Å². The van der Waals surface area contributed by atoms with Gasteiger partial charge in [0.15, 0.2) is 0 Å². The molecule has 1 aliphatic heterocycles. The van der Waals surface area contributed by atoms with Gasteiger partial charge < -0.3 is 14.6 Å². The molecule has 1 aromatic heterocycles. The number of fused-ring (bicyclic) bond motifs is 1. The number of anilines is 1. The minimum absolute atomic E-state index is 0.0503. The van der Waals surface area contributed by atoms with Crippen LogP contribution < -0.4 is 9.04 Å². The summed E-state index contributed by atoms with van der Waals surface area (Å²) in [5.41, 5.74) is 5.13. The van der Waals surface area contributed by atoms with Gasteiger partial charge in [-0.15, -0.1) is 11.3 Å². The highest BCUT2D eigenvalue weighted by molar-refractivity contribution is 7.94. The van der Waals surface area contributed by atoms with Crippen molar-refractivity contribution in [3.05, 3.63) is 69.2 Å². The minimum Gasteiger partial charge on any atom is -0.487 e. The minimum atomic E-state index is -3.95. The fraction of sp³-hybridized carbons (Fsp3) is 0.407. The van der Waals surface area contributed by atoms with E-state index in [1.54, 1.807) is 37.4 Å². The summed E-state index contributed by atoms with van der Waals surface area (Å²) < 4.78 is 41.4. The van der Waals surface area contributed by atoms with Gasteiger partial charge >= 0.3 is 5.97 Å². The lowest BCUT2D eigenvalue weighted by molar-refractivity contribution is 0.0696. The smallest absolute Gasteiger partial charge is 0.335 e. The van der Waals surface area contributed by atoms with Gasteiger partial charge in [0.1, 0.15) is 12.4 Å². The molecular formula is C27H30N2O6S2. The molecule has 8 nitrogen and oxygen atoms in total. The molecule has 196 valence electrons. The summed E-state index contributed by atoms with van der Waals surface area (Å²) in [6.45, 7) is 4.51. The second-order valence-corrected chi connectivity index (χ2v) is 12.5. The molecule has 10 heteroatoms. The number of aromatic carboxylic acids is 1. The van der Waals surface area contributed by atoms with Crippen LogP contribution in [0.2, 0.25) is 0 Å². The normalized spacial score (nSPS) is 17.1. The molecule has 3 aromatic rings. The Morgan fingerprint density at radius 2 is 1.97 bits per heavy atom. The summed E-state index contributed by atoms with van der Waals surface area (Å²) in [6.07, 6.45) is 4.31. The lowest BCUT2D eigenvalue weighted by Gasteiger charge is -2.28. The highest BCUT2D eigenvalue weighted by Crippen LogP contribution is 2.39. The summed E-state index contributed by atoms with van der Waals surface area (Å²) in [4.78, 5) is 15.7. The van der Waals surface area contributed by atoms with Gasteiger partial charge in [0.2, 0.25) is 4.34 Å². The van der Waals surface area contributed by atoms with Crippen molar-refractivity contribution in [2.75, 3.05) is 17.5 Å². The first-order valence-corrected chi connectivity index (χ1v) is 14.7. The zero-order chi connectivity index (χ0) is 26.2. The molecular weight excluding hydrogens is 512 g/mol. The van der Waals surface area contributed by atoms with Gasteiger partial charge in [-0.05, 0) is 86.4 Å². The maximum Gasteiger partial charge on any atom is 0.335 e. The summed E-state index contributed by atoms with van der Waals surface area (Å²) in [5.74, 6) is -0.492. The Balaban J connectivity index is 1.53. The van der Waals surface area contributed by atoms with Crippen molar-refractivity contribution in [3.8, 4) is 5.75 Å². The number of carbonyl (C=O) groups is 1. The predicted octanol–water partition coefficient (Wildman–Crippen LogP) is 4.90. The predicted molar refractivity (Wildman–Crippen MR) is 141 cm³/mol. The first-order valence-electron chi connectivity index (χ1n) is 12.4. The number of aromatic nitrogens is 1. The number of carboxylic acids is 1. The molecule has 2 aromatic carbocycles. The van der Waals surface area contributed by atoms with Crippen LogP contribution in [0.25, 0.3) is 0 Å². The molecule has 5 rings (SSSR count). The number of nitrogens with zero attached hydrogens (tertiary/aromatic N) is 2. The maximum absolute atomic E-state index is 13.9. The van der Waals surface area contributed by atoms with E-state index in [-0.39, 0.29) is 29.2 Å². The average molecular weight is 543 g/mol. The molecule has 1 aliphatic carbocycles. The molecule has 2 aliphatic rings. The zero-order valence-electron chi connectivity index (χ0n) is 20.9. The number of ether oxygens (including phenoxy) is 2. The lowest BCUT2D eigenvalue weighted by Crippen LogP contribution is -2.38. The van der Waals surface area contributed by atoms with E-state index in [0.29, 0.717) is 29.3 Å². The molecule has 37 heavy (non-hydrogen) atoms. The van der Waals surface area contributed by atoms with Crippen molar-refractivity contribution in [1.29, 1.82) is 0 Å². The molecule has 0 radical (unpaired) electrons. The van der Waals surface area contributed by atoms with Crippen LogP contribution in [0.4, 0.5) is 5.69 Å². The maximum atomic E-state index is 13.9. The van der Waals surface area contributed by atoms with Gasteiger partial charge in [0, 0.05) is 17.7 Å². The number of sulfonamides is 1. The van der Waals surface area contributed by atoms with Crippen molar-refractivity contribution in [3.63, 3.8) is 0 Å². The Bertz CT molecular complexity index is 1430. The third kappa shape index (κ3) is 5.37. The Hall–Kier alpha value is -2.95. The summed E-state index contributed by atoms with van der Waals surface area (Å²) in [5, 5.41) is 11.1. The Morgan fingerprint density at radius 1 is 1.19 bits per heavy atom. The molecule has 1 atom stereocenters. The van der Waals surface area contributed by atoms with E-state index in [0.717, 1.165) is 60.1 Å². The van der Waals surface area contributed by atoms with Crippen LogP contribution in [-0.4, -0.2) is 43.7 Å². The fourth-order valence-electron chi connectivity index (χ4n) is 4.96. The highest BCUT2D eigenvalue weighted by Gasteiger charge is 2.34. The number of aryl methyl sites for hydroxylation is 4. The summed E-state index contributed by atoms with van der Waals surface area (Å²) in [6, 6.07) is 8.99. The largest absolute Gasteiger partial charge is 0.487 e. The highest BCUT2D eigenvalue weighted by atomic mass is 32.2. The lowest BCUT2D eigenvalue weighted by atomic mass is 10.1. The van der Waals surface area contributed by atoms with Gasteiger partial charge in [-0.25, -0.2) is 9.78 Å². The van der Waals surface area contributed by atoms with Crippen molar-refractivity contribution >= 4 is 33.0 Å². The van der Waals surface area contributed by atoms with E-state index in [1.807, 2.05) is 12.1 Å². The molecule has 1 fully saturated rings. The third-order valence-electron chi connectivity index (χ3n) is 6.86. The molecule has 1 saturated heterocycles. The van der Waals surface area contributed by atoms with E-state index >= 15 is 0 Å². The van der Waals surface area contributed by atoms with E-state index in [9.17, 15) is 18.3 Å².